The predicted octanol–water partition coefficient (Wildman–Crippen LogP) is 6.24. The van der Waals surface area contributed by atoms with E-state index in [0.717, 1.165) is 17.1 Å². The number of hydrogen-bond acceptors (Lipinski definition) is 4. The third-order valence-corrected chi connectivity index (χ3v) is 5.43. The number of benzene rings is 3. The van der Waals surface area contributed by atoms with Crippen LogP contribution in [0.15, 0.2) is 77.4 Å². The topological polar surface area (TPSA) is 51.1 Å². The van der Waals surface area contributed by atoms with E-state index in [1.807, 2.05) is 55.5 Å². The second-order valence-electron chi connectivity index (χ2n) is 6.93. The van der Waals surface area contributed by atoms with Gasteiger partial charge in [0.15, 0.2) is 0 Å². The maximum atomic E-state index is 13.4. The van der Waals surface area contributed by atoms with Crippen LogP contribution in [-0.4, -0.2) is 25.5 Å². The SMILES string of the molecule is CCOc1ccc(N2C(=O)/C(=C\c3ccc(Cl)cc3Cl)N=C2c2ccc(OC)cc2)cc1. The summed E-state index contributed by atoms with van der Waals surface area (Å²) < 4.78 is 10.8. The highest BCUT2D eigenvalue weighted by atomic mass is 35.5. The lowest BCUT2D eigenvalue weighted by molar-refractivity contribution is -0.113. The first-order valence-corrected chi connectivity index (χ1v) is 10.7. The number of nitrogens with zero attached hydrogens (tertiary/aromatic N) is 2. The first-order valence-electron chi connectivity index (χ1n) is 9.97. The quantitative estimate of drug-likeness (QED) is 0.404. The van der Waals surface area contributed by atoms with Crippen molar-refractivity contribution in [1.82, 2.24) is 0 Å². The molecule has 4 rings (SSSR count). The summed E-state index contributed by atoms with van der Waals surface area (Å²) in [6.07, 6.45) is 1.67. The fourth-order valence-electron chi connectivity index (χ4n) is 3.31. The summed E-state index contributed by atoms with van der Waals surface area (Å²) in [4.78, 5) is 19.7. The number of ether oxygens (including phenoxy) is 2. The van der Waals surface area contributed by atoms with Gasteiger partial charge in [-0.05, 0) is 79.2 Å². The van der Waals surface area contributed by atoms with Crippen LogP contribution in [0.25, 0.3) is 6.08 Å². The van der Waals surface area contributed by atoms with Crippen LogP contribution in [0.3, 0.4) is 0 Å². The number of rotatable bonds is 6. The van der Waals surface area contributed by atoms with Crippen LogP contribution in [-0.2, 0) is 4.79 Å². The summed E-state index contributed by atoms with van der Waals surface area (Å²) in [5.41, 5.74) is 2.39. The monoisotopic (exact) mass is 466 g/mol. The van der Waals surface area contributed by atoms with E-state index in [1.165, 1.54) is 0 Å². The van der Waals surface area contributed by atoms with Crippen LogP contribution in [0.4, 0.5) is 5.69 Å². The van der Waals surface area contributed by atoms with Gasteiger partial charge in [-0.15, -0.1) is 0 Å². The molecule has 0 saturated carbocycles. The van der Waals surface area contributed by atoms with Gasteiger partial charge in [-0.3, -0.25) is 9.69 Å². The molecule has 0 aliphatic carbocycles. The van der Waals surface area contributed by atoms with Gasteiger partial charge < -0.3 is 9.47 Å². The molecule has 0 N–H and O–H groups in total. The molecule has 3 aromatic carbocycles. The van der Waals surface area contributed by atoms with E-state index >= 15 is 0 Å². The number of carbonyl (C=O) groups excluding carboxylic acids is 1. The normalized spacial score (nSPS) is 14.6. The predicted molar refractivity (Wildman–Crippen MR) is 129 cm³/mol. The number of methoxy groups -OCH3 is 1. The van der Waals surface area contributed by atoms with Crippen LogP contribution in [0.1, 0.15) is 18.1 Å². The van der Waals surface area contributed by atoms with Crippen molar-refractivity contribution in [3.05, 3.63) is 93.6 Å². The third kappa shape index (κ3) is 4.49. The summed E-state index contributed by atoms with van der Waals surface area (Å²) in [7, 11) is 1.61. The molecule has 0 radical (unpaired) electrons. The van der Waals surface area contributed by atoms with Crippen LogP contribution < -0.4 is 14.4 Å². The van der Waals surface area contributed by atoms with E-state index in [2.05, 4.69) is 4.99 Å². The smallest absolute Gasteiger partial charge is 0.282 e. The largest absolute Gasteiger partial charge is 0.497 e. The van der Waals surface area contributed by atoms with Crippen molar-refractivity contribution in [3.63, 3.8) is 0 Å². The number of amidine groups is 1. The summed E-state index contributed by atoms with van der Waals surface area (Å²) in [5, 5.41) is 0.965. The van der Waals surface area contributed by atoms with Gasteiger partial charge in [0.25, 0.3) is 5.91 Å². The fraction of sp³-hybridized carbons (Fsp3) is 0.120. The highest BCUT2D eigenvalue weighted by Gasteiger charge is 2.32. The molecular formula is C25H20Cl2N2O3. The Morgan fingerprint density at radius 2 is 1.66 bits per heavy atom. The Morgan fingerprint density at radius 3 is 2.28 bits per heavy atom. The molecular weight excluding hydrogens is 447 g/mol. The minimum absolute atomic E-state index is 0.258. The molecule has 0 fully saturated rings. The van der Waals surface area contributed by atoms with Gasteiger partial charge in [0.2, 0.25) is 0 Å². The maximum Gasteiger partial charge on any atom is 0.282 e. The van der Waals surface area contributed by atoms with Gasteiger partial charge in [-0.1, -0.05) is 29.3 Å². The van der Waals surface area contributed by atoms with Crippen LogP contribution in [0, 0.1) is 0 Å². The molecule has 162 valence electrons. The molecule has 0 bridgehead atoms. The van der Waals surface area contributed by atoms with Crippen molar-refractivity contribution in [2.45, 2.75) is 6.92 Å². The number of hydrogen-bond donors (Lipinski definition) is 0. The first-order chi connectivity index (χ1) is 15.5. The Bertz CT molecular complexity index is 1200. The molecule has 1 aliphatic rings. The minimum atomic E-state index is -0.258. The van der Waals surface area contributed by atoms with Gasteiger partial charge in [0, 0.05) is 15.6 Å². The van der Waals surface area contributed by atoms with Crippen molar-refractivity contribution in [1.29, 1.82) is 0 Å². The molecule has 7 heteroatoms. The second kappa shape index (κ2) is 9.47. The molecule has 0 spiro atoms. The summed E-state index contributed by atoms with van der Waals surface area (Å²) in [6.45, 7) is 2.49. The van der Waals surface area contributed by atoms with Crippen molar-refractivity contribution >= 4 is 46.7 Å². The lowest BCUT2D eigenvalue weighted by Crippen LogP contribution is -2.32. The van der Waals surface area contributed by atoms with E-state index in [1.54, 1.807) is 36.3 Å². The maximum absolute atomic E-state index is 13.4. The molecule has 1 aliphatic heterocycles. The van der Waals surface area contributed by atoms with Crippen LogP contribution in [0.5, 0.6) is 11.5 Å². The van der Waals surface area contributed by atoms with Gasteiger partial charge in [-0.2, -0.15) is 0 Å². The first kappa shape index (κ1) is 21.9. The van der Waals surface area contributed by atoms with Crippen molar-refractivity contribution in [2.75, 3.05) is 18.6 Å². The van der Waals surface area contributed by atoms with Gasteiger partial charge in [0.1, 0.15) is 23.0 Å². The lowest BCUT2D eigenvalue weighted by Gasteiger charge is -2.19. The third-order valence-electron chi connectivity index (χ3n) is 4.87. The van der Waals surface area contributed by atoms with Gasteiger partial charge in [-0.25, -0.2) is 4.99 Å². The van der Waals surface area contributed by atoms with E-state index in [9.17, 15) is 4.79 Å². The average molecular weight is 467 g/mol. The van der Waals surface area contributed by atoms with Crippen molar-refractivity contribution < 1.29 is 14.3 Å². The van der Waals surface area contributed by atoms with E-state index in [-0.39, 0.29) is 11.6 Å². The molecule has 0 saturated heterocycles. The number of amides is 1. The molecule has 3 aromatic rings. The second-order valence-corrected chi connectivity index (χ2v) is 7.77. The highest BCUT2D eigenvalue weighted by Crippen LogP contribution is 2.31. The molecule has 5 nitrogen and oxygen atoms in total. The molecule has 32 heavy (non-hydrogen) atoms. The number of anilines is 1. The van der Waals surface area contributed by atoms with Crippen LogP contribution in [0.2, 0.25) is 10.0 Å². The highest BCUT2D eigenvalue weighted by molar-refractivity contribution is 6.36. The van der Waals surface area contributed by atoms with Crippen molar-refractivity contribution in [3.8, 4) is 11.5 Å². The lowest BCUT2D eigenvalue weighted by atomic mass is 10.1. The minimum Gasteiger partial charge on any atom is -0.497 e. The Hall–Kier alpha value is -3.28. The fourth-order valence-corrected chi connectivity index (χ4v) is 3.78. The standard InChI is InChI=1S/C25H20Cl2N2O3/c1-3-32-21-12-8-19(9-13-21)29-24(16-5-10-20(31-2)11-6-16)28-23(25(29)30)14-17-4-7-18(26)15-22(17)27/h4-15H,3H2,1-2H3/b23-14+. The number of carbonyl (C=O) groups is 1. The Labute approximate surface area is 196 Å². The summed E-state index contributed by atoms with van der Waals surface area (Å²) >= 11 is 12.3. The molecule has 0 aromatic heterocycles. The Morgan fingerprint density at radius 1 is 0.969 bits per heavy atom. The molecule has 1 heterocycles. The zero-order valence-corrected chi connectivity index (χ0v) is 19.0. The van der Waals surface area contributed by atoms with Gasteiger partial charge in [0.05, 0.1) is 19.4 Å². The van der Waals surface area contributed by atoms with E-state index in [4.69, 9.17) is 32.7 Å². The van der Waals surface area contributed by atoms with Crippen molar-refractivity contribution in [2.24, 2.45) is 4.99 Å². The molecule has 1 amide bonds. The average Bonchev–Trinajstić information content (AvgIpc) is 3.12. The zero-order chi connectivity index (χ0) is 22.7. The van der Waals surface area contributed by atoms with E-state index in [0.29, 0.717) is 33.7 Å². The van der Waals surface area contributed by atoms with Gasteiger partial charge >= 0.3 is 0 Å². The Balaban J connectivity index is 1.78. The summed E-state index contributed by atoms with van der Waals surface area (Å²) in [5.74, 6) is 1.70. The summed E-state index contributed by atoms with van der Waals surface area (Å²) in [6, 6.07) is 19.8. The number of halogens is 2. The number of aliphatic imine (C=N–C) groups is 1. The van der Waals surface area contributed by atoms with E-state index < -0.39 is 0 Å². The molecule has 0 atom stereocenters. The van der Waals surface area contributed by atoms with Crippen LogP contribution >= 0.6 is 23.2 Å². The Kier molecular flexibility index (Phi) is 6.49. The zero-order valence-electron chi connectivity index (χ0n) is 17.5. The molecule has 0 unspecified atom stereocenters.